The van der Waals surface area contributed by atoms with Crippen molar-refractivity contribution in [1.82, 2.24) is 9.21 Å². The fraction of sp³-hybridized carbons (Fsp3) is 0.600. The number of ether oxygens (including phenoxy) is 1. The lowest BCUT2D eigenvalue weighted by Crippen LogP contribution is -2.46. The average molecular weight is 465 g/mol. The van der Waals surface area contributed by atoms with Crippen LogP contribution in [0.1, 0.15) is 32.3 Å². The quantitative estimate of drug-likeness (QED) is 0.580. The molecule has 1 aromatic carbocycles. The molecule has 0 N–H and O–H groups in total. The molecule has 1 fully saturated rings. The smallest absolute Gasteiger partial charge is 0.416 e. The molecule has 0 saturated carbocycles. The van der Waals surface area contributed by atoms with Crippen LogP contribution >= 0.6 is 0 Å². The van der Waals surface area contributed by atoms with Crippen LogP contribution in [0.25, 0.3) is 0 Å². The van der Waals surface area contributed by atoms with Crippen molar-refractivity contribution in [3.05, 3.63) is 29.8 Å². The summed E-state index contributed by atoms with van der Waals surface area (Å²) in [6.45, 7) is 4.09. The molecular formula is C20H27F3N2O5S. The molecule has 0 bridgehead atoms. The number of sulfonamides is 1. The van der Waals surface area contributed by atoms with Gasteiger partial charge < -0.3 is 9.64 Å². The van der Waals surface area contributed by atoms with E-state index in [9.17, 15) is 31.2 Å². The van der Waals surface area contributed by atoms with Crippen LogP contribution in [0.5, 0.6) is 0 Å². The number of rotatable bonds is 7. The molecule has 0 radical (unpaired) electrons. The molecule has 1 aliphatic heterocycles. The van der Waals surface area contributed by atoms with Gasteiger partial charge >= 0.3 is 12.1 Å². The molecule has 1 heterocycles. The first-order chi connectivity index (χ1) is 14.4. The summed E-state index contributed by atoms with van der Waals surface area (Å²) in [6.07, 6.45) is -4.14. The highest BCUT2D eigenvalue weighted by Crippen LogP contribution is 2.32. The number of alkyl halides is 3. The minimum absolute atomic E-state index is 0.0269. The van der Waals surface area contributed by atoms with Gasteiger partial charge in [0.15, 0.2) is 0 Å². The molecule has 1 atom stereocenters. The molecule has 31 heavy (non-hydrogen) atoms. The zero-order chi connectivity index (χ0) is 23.4. The predicted molar refractivity (Wildman–Crippen MR) is 106 cm³/mol. The Bertz CT molecular complexity index is 896. The Balaban J connectivity index is 2.06. The lowest BCUT2D eigenvalue weighted by atomic mass is 9.96. The van der Waals surface area contributed by atoms with Gasteiger partial charge in [-0.15, -0.1) is 0 Å². The minimum Gasteiger partial charge on any atom is -0.469 e. The van der Waals surface area contributed by atoms with Crippen LogP contribution < -0.4 is 0 Å². The first-order valence-electron chi connectivity index (χ1n) is 9.95. The highest BCUT2D eigenvalue weighted by atomic mass is 32.2. The third-order valence-corrected chi connectivity index (χ3v) is 7.29. The Morgan fingerprint density at radius 2 is 1.87 bits per heavy atom. The lowest BCUT2D eigenvalue weighted by Gasteiger charge is -2.34. The number of esters is 1. The largest absolute Gasteiger partial charge is 0.469 e. The van der Waals surface area contributed by atoms with Crippen LogP contribution in [-0.2, 0) is 30.5 Å². The van der Waals surface area contributed by atoms with Crippen molar-refractivity contribution >= 4 is 21.9 Å². The topological polar surface area (TPSA) is 84.0 Å². The molecule has 0 spiro atoms. The Morgan fingerprint density at radius 1 is 1.26 bits per heavy atom. The standard InChI is InChI=1S/C20H27F3N2O5S/c1-4-24(13-14(2)19(27)30-3)18(26)15-8-10-25(11-9-15)31(28,29)17-7-5-6-16(12-17)20(21,22)23/h5-7,12,14-15H,4,8-11,13H2,1-3H3. The maximum Gasteiger partial charge on any atom is 0.416 e. The molecule has 2 rings (SSSR count). The highest BCUT2D eigenvalue weighted by Gasteiger charge is 2.36. The summed E-state index contributed by atoms with van der Waals surface area (Å²) in [6, 6.07) is 3.64. The summed E-state index contributed by atoms with van der Waals surface area (Å²) in [5.41, 5.74) is -1.03. The van der Waals surface area contributed by atoms with E-state index < -0.39 is 44.5 Å². The number of piperidine rings is 1. The van der Waals surface area contributed by atoms with E-state index in [1.807, 2.05) is 0 Å². The number of hydrogen-bond acceptors (Lipinski definition) is 5. The van der Waals surface area contributed by atoms with Gasteiger partial charge in [0.1, 0.15) is 0 Å². The van der Waals surface area contributed by atoms with Crippen molar-refractivity contribution in [2.75, 3.05) is 33.3 Å². The van der Waals surface area contributed by atoms with E-state index in [1.165, 1.54) is 7.11 Å². The number of hydrogen-bond donors (Lipinski definition) is 0. The van der Waals surface area contributed by atoms with Gasteiger partial charge in [-0.2, -0.15) is 17.5 Å². The first kappa shape index (κ1) is 25.1. The van der Waals surface area contributed by atoms with Crippen molar-refractivity contribution in [3.63, 3.8) is 0 Å². The second kappa shape index (κ2) is 9.99. The number of carbonyl (C=O) groups is 2. The van der Waals surface area contributed by atoms with Crippen molar-refractivity contribution < 1.29 is 35.9 Å². The maximum absolute atomic E-state index is 12.9. The van der Waals surface area contributed by atoms with Crippen LogP contribution in [-0.4, -0.2) is 62.8 Å². The first-order valence-corrected chi connectivity index (χ1v) is 11.4. The molecule has 0 aromatic heterocycles. The van der Waals surface area contributed by atoms with E-state index in [2.05, 4.69) is 4.74 Å². The Kier molecular flexibility index (Phi) is 8.09. The third-order valence-electron chi connectivity index (χ3n) is 5.39. The lowest BCUT2D eigenvalue weighted by molar-refractivity contribution is -0.147. The molecule has 0 aliphatic carbocycles. The van der Waals surface area contributed by atoms with E-state index in [0.717, 1.165) is 22.5 Å². The molecule has 1 saturated heterocycles. The van der Waals surface area contributed by atoms with Gasteiger partial charge in [-0.1, -0.05) is 13.0 Å². The number of benzene rings is 1. The van der Waals surface area contributed by atoms with Gasteiger partial charge in [-0.25, -0.2) is 8.42 Å². The Labute approximate surface area is 180 Å². The van der Waals surface area contributed by atoms with Crippen molar-refractivity contribution in [2.45, 2.75) is 37.8 Å². The van der Waals surface area contributed by atoms with Gasteiger partial charge in [0.05, 0.1) is 23.5 Å². The van der Waals surface area contributed by atoms with Crippen LogP contribution in [0.15, 0.2) is 29.2 Å². The van der Waals surface area contributed by atoms with E-state index in [-0.39, 0.29) is 38.4 Å². The highest BCUT2D eigenvalue weighted by molar-refractivity contribution is 7.89. The molecule has 1 amide bonds. The zero-order valence-electron chi connectivity index (χ0n) is 17.7. The molecule has 1 aliphatic rings. The SMILES string of the molecule is CCN(CC(C)C(=O)OC)C(=O)C1CCN(S(=O)(=O)c2cccc(C(F)(F)F)c2)CC1. The van der Waals surface area contributed by atoms with E-state index in [1.54, 1.807) is 18.7 Å². The summed E-state index contributed by atoms with van der Waals surface area (Å²) >= 11 is 0. The van der Waals surface area contributed by atoms with Gasteiger partial charge in [-0.3, -0.25) is 9.59 Å². The Hall–Kier alpha value is -2.14. The molecule has 1 unspecified atom stereocenters. The monoisotopic (exact) mass is 464 g/mol. The molecule has 7 nitrogen and oxygen atoms in total. The number of carbonyl (C=O) groups excluding carboxylic acids is 2. The second-order valence-corrected chi connectivity index (χ2v) is 9.44. The normalized spacial score (nSPS) is 17.2. The number of nitrogens with zero attached hydrogens (tertiary/aromatic N) is 2. The van der Waals surface area contributed by atoms with Gasteiger partial charge in [0.25, 0.3) is 0 Å². The fourth-order valence-electron chi connectivity index (χ4n) is 3.56. The Morgan fingerprint density at radius 3 is 2.39 bits per heavy atom. The second-order valence-electron chi connectivity index (χ2n) is 7.51. The van der Waals surface area contributed by atoms with Crippen LogP contribution in [0.4, 0.5) is 13.2 Å². The van der Waals surface area contributed by atoms with E-state index in [4.69, 9.17) is 0 Å². The van der Waals surface area contributed by atoms with Crippen LogP contribution in [0, 0.1) is 11.8 Å². The predicted octanol–water partition coefficient (Wildman–Crippen LogP) is 2.76. The summed E-state index contributed by atoms with van der Waals surface area (Å²) in [5, 5.41) is 0. The van der Waals surface area contributed by atoms with Gasteiger partial charge in [0, 0.05) is 32.1 Å². The van der Waals surface area contributed by atoms with Crippen molar-refractivity contribution in [2.24, 2.45) is 11.8 Å². The number of halogens is 3. The summed E-state index contributed by atoms with van der Waals surface area (Å²) in [5.74, 6) is -1.50. The summed E-state index contributed by atoms with van der Waals surface area (Å²) < 4.78 is 70.2. The molecule has 1 aromatic rings. The van der Waals surface area contributed by atoms with Crippen molar-refractivity contribution in [3.8, 4) is 0 Å². The average Bonchev–Trinajstić information content (AvgIpc) is 2.75. The van der Waals surface area contributed by atoms with Gasteiger partial charge in [-0.05, 0) is 38.0 Å². The maximum atomic E-state index is 12.9. The van der Waals surface area contributed by atoms with E-state index in [0.29, 0.717) is 12.6 Å². The van der Waals surface area contributed by atoms with Crippen LogP contribution in [0.2, 0.25) is 0 Å². The van der Waals surface area contributed by atoms with Crippen LogP contribution in [0.3, 0.4) is 0 Å². The fourth-order valence-corrected chi connectivity index (χ4v) is 5.08. The molecular weight excluding hydrogens is 437 g/mol. The number of amides is 1. The number of methoxy groups -OCH3 is 1. The molecule has 11 heteroatoms. The minimum atomic E-state index is -4.64. The summed E-state index contributed by atoms with van der Waals surface area (Å²) in [4.78, 5) is 25.6. The molecule has 174 valence electrons. The zero-order valence-corrected chi connectivity index (χ0v) is 18.5. The third kappa shape index (κ3) is 5.97. The van der Waals surface area contributed by atoms with Gasteiger partial charge in [0.2, 0.25) is 15.9 Å². The van der Waals surface area contributed by atoms with E-state index >= 15 is 0 Å². The summed E-state index contributed by atoms with van der Waals surface area (Å²) in [7, 11) is -2.83. The van der Waals surface area contributed by atoms with Crippen molar-refractivity contribution in [1.29, 1.82) is 0 Å².